The van der Waals surface area contributed by atoms with Crippen molar-refractivity contribution < 1.29 is 28.8 Å². The minimum Gasteiger partial charge on any atom is -0.463 e. The molecule has 0 aliphatic heterocycles. The summed E-state index contributed by atoms with van der Waals surface area (Å²) in [6.07, 6.45) is 0.873. The molecule has 1 aromatic carbocycles. The standard InChI is InChI=1S/C16H17N3O7/c1-4-25-15(21)10(2)9-26-16(22)14(11(3)20)18-17-12-5-7-13(8-6-12)19(23)24/h5-9,14H,4H2,1-3H3. The van der Waals surface area contributed by atoms with Gasteiger partial charge in [0.1, 0.15) is 6.26 Å². The van der Waals surface area contributed by atoms with Crippen LogP contribution >= 0.6 is 0 Å². The molecule has 0 aromatic heterocycles. The second kappa shape index (κ2) is 9.77. The zero-order valence-electron chi connectivity index (χ0n) is 14.4. The molecular weight excluding hydrogens is 346 g/mol. The number of hydrogen-bond acceptors (Lipinski definition) is 9. The molecule has 138 valence electrons. The van der Waals surface area contributed by atoms with Crippen LogP contribution < -0.4 is 0 Å². The number of nitro groups is 1. The molecule has 0 heterocycles. The van der Waals surface area contributed by atoms with Crippen LogP contribution in [0.5, 0.6) is 0 Å². The summed E-state index contributed by atoms with van der Waals surface area (Å²) in [4.78, 5) is 44.9. The van der Waals surface area contributed by atoms with Crippen molar-refractivity contribution in [1.29, 1.82) is 0 Å². The summed E-state index contributed by atoms with van der Waals surface area (Å²) >= 11 is 0. The van der Waals surface area contributed by atoms with E-state index in [1.807, 2.05) is 0 Å². The van der Waals surface area contributed by atoms with Crippen LogP contribution in [-0.4, -0.2) is 35.3 Å². The number of carbonyl (C=O) groups is 3. The number of hydrogen-bond donors (Lipinski definition) is 0. The van der Waals surface area contributed by atoms with Crippen LogP contribution in [0, 0.1) is 10.1 Å². The fourth-order valence-electron chi connectivity index (χ4n) is 1.56. The number of ether oxygens (including phenoxy) is 2. The van der Waals surface area contributed by atoms with Crippen molar-refractivity contribution in [3.8, 4) is 0 Å². The number of Topliss-reactive ketones (excluding diaryl/α,β-unsaturated/α-hetero) is 1. The second-order valence-corrected chi connectivity index (χ2v) is 4.96. The first-order valence-corrected chi connectivity index (χ1v) is 7.46. The number of carbonyl (C=O) groups excluding carboxylic acids is 3. The Morgan fingerprint density at radius 2 is 1.85 bits per heavy atom. The average molecular weight is 363 g/mol. The van der Waals surface area contributed by atoms with Gasteiger partial charge in [-0.2, -0.15) is 10.2 Å². The third-order valence-electron chi connectivity index (χ3n) is 2.91. The van der Waals surface area contributed by atoms with Gasteiger partial charge in [-0.3, -0.25) is 14.9 Å². The molecule has 0 spiro atoms. The highest BCUT2D eigenvalue weighted by Gasteiger charge is 2.25. The predicted octanol–water partition coefficient (Wildman–Crippen LogP) is 2.65. The smallest absolute Gasteiger partial charge is 0.345 e. The highest BCUT2D eigenvalue weighted by atomic mass is 16.6. The van der Waals surface area contributed by atoms with Gasteiger partial charge in [0.25, 0.3) is 5.69 Å². The maximum Gasteiger partial charge on any atom is 0.345 e. The molecule has 1 atom stereocenters. The van der Waals surface area contributed by atoms with E-state index < -0.39 is 28.7 Å². The van der Waals surface area contributed by atoms with Crippen molar-refractivity contribution in [2.45, 2.75) is 26.8 Å². The topological polar surface area (TPSA) is 138 Å². The lowest BCUT2D eigenvalue weighted by Crippen LogP contribution is -2.27. The van der Waals surface area contributed by atoms with Crippen LogP contribution in [0.15, 0.2) is 46.3 Å². The van der Waals surface area contributed by atoms with Gasteiger partial charge in [0.2, 0.25) is 6.04 Å². The van der Waals surface area contributed by atoms with Gasteiger partial charge in [-0.1, -0.05) is 0 Å². The van der Waals surface area contributed by atoms with Crippen LogP contribution in [0.1, 0.15) is 20.8 Å². The molecule has 0 aliphatic rings. The Morgan fingerprint density at radius 1 is 1.23 bits per heavy atom. The van der Waals surface area contributed by atoms with Gasteiger partial charge in [-0.05, 0) is 32.9 Å². The largest absolute Gasteiger partial charge is 0.463 e. The van der Waals surface area contributed by atoms with Crippen molar-refractivity contribution in [3.05, 3.63) is 46.2 Å². The molecule has 0 radical (unpaired) electrons. The Hall–Kier alpha value is -3.43. The van der Waals surface area contributed by atoms with Crippen molar-refractivity contribution in [2.75, 3.05) is 6.61 Å². The Kier molecular flexibility index (Phi) is 7.74. The van der Waals surface area contributed by atoms with Gasteiger partial charge in [0.15, 0.2) is 5.78 Å². The lowest BCUT2D eigenvalue weighted by atomic mass is 10.2. The zero-order valence-corrected chi connectivity index (χ0v) is 14.4. The van der Waals surface area contributed by atoms with Gasteiger partial charge in [-0.25, -0.2) is 9.59 Å². The second-order valence-electron chi connectivity index (χ2n) is 4.96. The van der Waals surface area contributed by atoms with Gasteiger partial charge in [0.05, 0.1) is 22.8 Å². The molecule has 10 heteroatoms. The highest BCUT2D eigenvalue weighted by Crippen LogP contribution is 2.18. The number of nitro benzene ring substituents is 1. The van der Waals surface area contributed by atoms with E-state index >= 15 is 0 Å². The third kappa shape index (κ3) is 6.23. The lowest BCUT2D eigenvalue weighted by molar-refractivity contribution is -0.384. The number of esters is 2. The third-order valence-corrected chi connectivity index (χ3v) is 2.91. The van der Waals surface area contributed by atoms with Crippen molar-refractivity contribution in [2.24, 2.45) is 10.2 Å². The SMILES string of the molecule is CCOC(=O)C(C)=COC(=O)C(N=Nc1ccc([N+](=O)[O-])cc1)C(C)=O. The van der Waals surface area contributed by atoms with E-state index in [9.17, 15) is 24.5 Å². The summed E-state index contributed by atoms with van der Waals surface area (Å²) in [6.45, 7) is 4.30. The van der Waals surface area contributed by atoms with Crippen LogP contribution in [0.4, 0.5) is 11.4 Å². The Morgan fingerprint density at radius 3 is 2.35 bits per heavy atom. The van der Waals surface area contributed by atoms with E-state index in [0.29, 0.717) is 0 Å². The normalized spacial score (nSPS) is 12.5. The number of rotatable bonds is 8. The molecule has 1 aromatic rings. The summed E-state index contributed by atoms with van der Waals surface area (Å²) in [7, 11) is 0. The molecule has 0 saturated carbocycles. The molecular formula is C16H17N3O7. The molecule has 0 aliphatic carbocycles. The number of ketones is 1. The van der Waals surface area contributed by atoms with E-state index in [2.05, 4.69) is 10.2 Å². The number of azo groups is 1. The molecule has 0 N–H and O–H groups in total. The van der Waals surface area contributed by atoms with Gasteiger partial charge < -0.3 is 9.47 Å². The summed E-state index contributed by atoms with van der Waals surface area (Å²) in [5.74, 6) is -2.30. The zero-order chi connectivity index (χ0) is 19.7. The molecule has 0 amide bonds. The lowest BCUT2D eigenvalue weighted by Gasteiger charge is -2.06. The van der Waals surface area contributed by atoms with E-state index in [1.165, 1.54) is 31.2 Å². The van der Waals surface area contributed by atoms with Crippen molar-refractivity contribution >= 4 is 29.1 Å². The minimum atomic E-state index is -1.53. The summed E-state index contributed by atoms with van der Waals surface area (Å²) in [5.41, 5.74) is 0.119. The Labute approximate surface area is 148 Å². The van der Waals surface area contributed by atoms with E-state index in [1.54, 1.807) is 6.92 Å². The first-order valence-electron chi connectivity index (χ1n) is 7.46. The molecule has 0 saturated heterocycles. The number of nitrogens with zero attached hydrogens (tertiary/aromatic N) is 3. The summed E-state index contributed by atoms with van der Waals surface area (Å²) in [5, 5.41) is 17.9. The Balaban J connectivity index is 2.83. The van der Waals surface area contributed by atoms with E-state index in [-0.39, 0.29) is 23.6 Å². The van der Waals surface area contributed by atoms with Crippen molar-refractivity contribution in [1.82, 2.24) is 0 Å². The first kappa shape index (κ1) is 20.6. The monoisotopic (exact) mass is 363 g/mol. The molecule has 1 rings (SSSR count). The first-order chi connectivity index (χ1) is 12.3. The minimum absolute atomic E-state index is 0.0369. The molecule has 0 fully saturated rings. The van der Waals surface area contributed by atoms with Crippen LogP contribution in [-0.2, 0) is 23.9 Å². The Bertz CT molecular complexity index is 754. The van der Waals surface area contributed by atoms with E-state index in [4.69, 9.17) is 9.47 Å². The maximum absolute atomic E-state index is 12.0. The fraction of sp³-hybridized carbons (Fsp3) is 0.312. The fourth-order valence-corrected chi connectivity index (χ4v) is 1.56. The van der Waals surface area contributed by atoms with Crippen molar-refractivity contribution in [3.63, 3.8) is 0 Å². The predicted molar refractivity (Wildman–Crippen MR) is 88.6 cm³/mol. The van der Waals surface area contributed by atoms with Gasteiger partial charge in [-0.15, -0.1) is 0 Å². The maximum atomic E-state index is 12.0. The average Bonchev–Trinajstić information content (AvgIpc) is 2.60. The van der Waals surface area contributed by atoms with E-state index in [0.717, 1.165) is 13.2 Å². The summed E-state index contributed by atoms with van der Waals surface area (Å²) in [6, 6.07) is 3.52. The molecule has 10 nitrogen and oxygen atoms in total. The summed E-state index contributed by atoms with van der Waals surface area (Å²) < 4.78 is 9.49. The van der Waals surface area contributed by atoms with Crippen LogP contribution in [0.2, 0.25) is 0 Å². The quantitative estimate of drug-likeness (QED) is 0.132. The molecule has 1 unspecified atom stereocenters. The van der Waals surface area contributed by atoms with Gasteiger partial charge in [0, 0.05) is 12.1 Å². The highest BCUT2D eigenvalue weighted by molar-refractivity contribution is 6.02. The molecule has 0 bridgehead atoms. The van der Waals surface area contributed by atoms with Crippen LogP contribution in [0.25, 0.3) is 0 Å². The number of benzene rings is 1. The van der Waals surface area contributed by atoms with Gasteiger partial charge >= 0.3 is 11.9 Å². The van der Waals surface area contributed by atoms with Crippen LogP contribution in [0.3, 0.4) is 0 Å². The molecule has 26 heavy (non-hydrogen) atoms. The number of non-ortho nitro benzene ring substituents is 1.